The van der Waals surface area contributed by atoms with Gasteiger partial charge in [0.15, 0.2) is 0 Å². The summed E-state index contributed by atoms with van der Waals surface area (Å²) in [6.45, 7) is 0.404. The van der Waals surface area contributed by atoms with Crippen molar-refractivity contribution in [3.63, 3.8) is 0 Å². The Balaban J connectivity index is 1.66. The van der Waals surface area contributed by atoms with Gasteiger partial charge in [0.25, 0.3) is 0 Å². The Bertz CT molecular complexity index is 1030. The van der Waals surface area contributed by atoms with Gasteiger partial charge in [-0.1, -0.05) is 18.2 Å². The second-order valence-corrected chi connectivity index (χ2v) is 9.85. The van der Waals surface area contributed by atoms with Gasteiger partial charge in [-0.15, -0.1) is 0 Å². The maximum Gasteiger partial charge on any atom is 0.416 e. The average molecular weight is 456 g/mol. The molecule has 1 saturated carbocycles. The van der Waals surface area contributed by atoms with E-state index >= 15 is 0 Å². The van der Waals surface area contributed by atoms with E-state index in [0.29, 0.717) is 17.8 Å². The van der Waals surface area contributed by atoms with Gasteiger partial charge in [0.1, 0.15) is 0 Å². The minimum Gasteiger partial charge on any atom is -0.325 e. The summed E-state index contributed by atoms with van der Waals surface area (Å²) < 4.78 is 63.9. The van der Waals surface area contributed by atoms with Crippen LogP contribution in [0.3, 0.4) is 0 Å². The third kappa shape index (κ3) is 6.05. The predicted octanol–water partition coefficient (Wildman–Crippen LogP) is 3.56. The van der Waals surface area contributed by atoms with Crippen LogP contribution in [0.2, 0.25) is 0 Å². The van der Waals surface area contributed by atoms with Crippen molar-refractivity contribution in [1.29, 1.82) is 0 Å². The van der Waals surface area contributed by atoms with E-state index in [0.717, 1.165) is 29.3 Å². The zero-order valence-electron chi connectivity index (χ0n) is 17.2. The molecule has 168 valence electrons. The monoisotopic (exact) mass is 455 g/mol. The number of carbonyl (C=O) groups is 1. The summed E-state index contributed by atoms with van der Waals surface area (Å²) >= 11 is 0. The first-order valence-electron chi connectivity index (χ1n) is 9.69. The first-order chi connectivity index (χ1) is 14.5. The molecule has 0 atom stereocenters. The van der Waals surface area contributed by atoms with Crippen LogP contribution in [-0.4, -0.2) is 50.2 Å². The second-order valence-electron chi connectivity index (χ2n) is 7.69. The van der Waals surface area contributed by atoms with Crippen LogP contribution < -0.4 is 5.32 Å². The molecule has 1 aliphatic carbocycles. The summed E-state index contributed by atoms with van der Waals surface area (Å²) in [5, 5.41) is 2.71. The molecule has 0 aromatic heterocycles. The van der Waals surface area contributed by atoms with Crippen LogP contribution in [0.1, 0.15) is 24.0 Å². The molecule has 0 radical (unpaired) electrons. The summed E-state index contributed by atoms with van der Waals surface area (Å²) in [6, 6.07) is 11.1. The number of amides is 1. The van der Waals surface area contributed by atoms with E-state index in [4.69, 9.17) is 0 Å². The van der Waals surface area contributed by atoms with Gasteiger partial charge in [-0.05, 0) is 48.7 Å². The van der Waals surface area contributed by atoms with E-state index in [1.165, 1.54) is 38.4 Å². The molecule has 1 aliphatic rings. The van der Waals surface area contributed by atoms with Crippen LogP contribution in [-0.2, 0) is 27.5 Å². The molecule has 2 aromatic rings. The fourth-order valence-corrected chi connectivity index (χ4v) is 4.07. The van der Waals surface area contributed by atoms with E-state index in [2.05, 4.69) is 5.32 Å². The number of anilines is 1. The molecular weight excluding hydrogens is 431 g/mol. The van der Waals surface area contributed by atoms with Crippen molar-refractivity contribution in [3.05, 3.63) is 59.7 Å². The molecule has 31 heavy (non-hydrogen) atoms. The van der Waals surface area contributed by atoms with Gasteiger partial charge < -0.3 is 5.32 Å². The lowest BCUT2D eigenvalue weighted by atomic mass is 10.1. The van der Waals surface area contributed by atoms with Gasteiger partial charge in [-0.2, -0.15) is 13.2 Å². The fraction of sp³-hybridized carbons (Fsp3) is 0.381. The van der Waals surface area contributed by atoms with Crippen LogP contribution >= 0.6 is 0 Å². The van der Waals surface area contributed by atoms with Crippen LogP contribution in [0, 0.1) is 0 Å². The molecule has 6 nitrogen and oxygen atoms in total. The molecule has 1 N–H and O–H groups in total. The Hall–Kier alpha value is -2.43. The number of alkyl halides is 3. The van der Waals surface area contributed by atoms with E-state index in [1.807, 2.05) is 4.90 Å². The molecule has 1 fully saturated rings. The van der Waals surface area contributed by atoms with E-state index in [9.17, 15) is 26.4 Å². The predicted molar refractivity (Wildman–Crippen MR) is 111 cm³/mol. The average Bonchev–Trinajstić information content (AvgIpc) is 3.52. The molecule has 1 amide bonds. The molecule has 0 spiro atoms. The van der Waals surface area contributed by atoms with Gasteiger partial charge in [-0.25, -0.2) is 12.7 Å². The van der Waals surface area contributed by atoms with Crippen molar-refractivity contribution >= 4 is 21.6 Å². The van der Waals surface area contributed by atoms with Crippen LogP contribution in [0.15, 0.2) is 53.4 Å². The van der Waals surface area contributed by atoms with E-state index in [1.54, 1.807) is 12.1 Å². The topological polar surface area (TPSA) is 69.7 Å². The maximum atomic E-state index is 12.7. The molecule has 0 saturated heterocycles. The third-order valence-electron chi connectivity index (χ3n) is 4.97. The molecule has 0 heterocycles. The largest absolute Gasteiger partial charge is 0.416 e. The van der Waals surface area contributed by atoms with E-state index < -0.39 is 21.8 Å². The number of carbonyl (C=O) groups excluding carboxylic acids is 1. The highest BCUT2D eigenvalue weighted by Gasteiger charge is 2.32. The molecule has 10 heteroatoms. The third-order valence-corrected chi connectivity index (χ3v) is 6.78. The Kier molecular flexibility index (Phi) is 6.73. The number of nitrogens with one attached hydrogen (secondary N) is 1. The molecule has 3 rings (SSSR count). The van der Waals surface area contributed by atoms with Crippen LogP contribution in [0.4, 0.5) is 18.9 Å². The minimum absolute atomic E-state index is 0.0519. The molecule has 0 aliphatic heterocycles. The highest BCUT2D eigenvalue weighted by atomic mass is 32.2. The number of hydrogen-bond donors (Lipinski definition) is 1. The fourth-order valence-electron chi connectivity index (χ4n) is 3.12. The Morgan fingerprint density at radius 1 is 1.10 bits per heavy atom. The second kappa shape index (κ2) is 8.97. The lowest BCUT2D eigenvalue weighted by Crippen LogP contribution is -2.34. The number of hydrogen-bond acceptors (Lipinski definition) is 4. The molecule has 2 aromatic carbocycles. The number of nitrogens with zero attached hydrogens (tertiary/aromatic N) is 2. The van der Waals surface area contributed by atoms with Gasteiger partial charge >= 0.3 is 6.18 Å². The van der Waals surface area contributed by atoms with Crippen molar-refractivity contribution in [2.75, 3.05) is 26.0 Å². The number of rotatable bonds is 8. The highest BCUT2D eigenvalue weighted by molar-refractivity contribution is 7.89. The van der Waals surface area contributed by atoms with Crippen molar-refractivity contribution in [2.45, 2.75) is 36.5 Å². The lowest BCUT2D eigenvalue weighted by Gasteiger charge is -2.22. The Morgan fingerprint density at radius 3 is 2.29 bits per heavy atom. The number of benzene rings is 2. The summed E-state index contributed by atoms with van der Waals surface area (Å²) in [5.74, 6) is -0.321. The van der Waals surface area contributed by atoms with Crippen LogP contribution in [0.25, 0.3) is 0 Å². The van der Waals surface area contributed by atoms with Crippen molar-refractivity contribution < 1.29 is 26.4 Å². The van der Waals surface area contributed by atoms with Gasteiger partial charge in [0, 0.05) is 32.4 Å². The summed E-state index contributed by atoms with van der Waals surface area (Å²) in [7, 11) is -0.773. The minimum atomic E-state index is -4.39. The van der Waals surface area contributed by atoms with Crippen LogP contribution in [0.5, 0.6) is 0 Å². The normalized spacial score (nSPS) is 14.8. The standard InChI is InChI=1S/C21H24F3N3O3S/c1-26(2)31(29,30)19-5-3-4-17(12-19)25-20(28)14-27(18-10-11-18)13-15-6-8-16(9-7-15)21(22,23)24/h3-9,12,18H,10-11,13-14H2,1-2H3,(H,25,28). The summed E-state index contributed by atoms with van der Waals surface area (Å²) in [4.78, 5) is 14.5. The quantitative estimate of drug-likeness (QED) is 0.661. The van der Waals surface area contributed by atoms with Crippen molar-refractivity contribution in [2.24, 2.45) is 0 Å². The first-order valence-corrected chi connectivity index (χ1v) is 11.1. The number of sulfonamides is 1. The van der Waals surface area contributed by atoms with Gasteiger partial charge in [0.05, 0.1) is 17.0 Å². The zero-order valence-corrected chi connectivity index (χ0v) is 18.0. The van der Waals surface area contributed by atoms with E-state index in [-0.39, 0.29) is 23.4 Å². The lowest BCUT2D eigenvalue weighted by molar-refractivity contribution is -0.137. The number of halogens is 3. The maximum absolute atomic E-state index is 12.7. The smallest absolute Gasteiger partial charge is 0.325 e. The molecule has 0 bridgehead atoms. The molecular formula is C21H24F3N3O3S. The molecule has 0 unspecified atom stereocenters. The van der Waals surface area contributed by atoms with Crippen molar-refractivity contribution in [3.8, 4) is 0 Å². The summed E-state index contributed by atoms with van der Waals surface area (Å²) in [5.41, 5.74) is 0.337. The zero-order chi connectivity index (χ0) is 22.8. The van der Waals surface area contributed by atoms with Gasteiger partial charge in [-0.3, -0.25) is 9.69 Å². The summed E-state index contributed by atoms with van der Waals surface area (Å²) in [6.07, 6.45) is -2.54. The Labute approximate surface area is 179 Å². The highest BCUT2D eigenvalue weighted by Crippen LogP contribution is 2.31. The van der Waals surface area contributed by atoms with Gasteiger partial charge in [0.2, 0.25) is 15.9 Å². The Morgan fingerprint density at radius 2 is 1.74 bits per heavy atom. The van der Waals surface area contributed by atoms with Crippen molar-refractivity contribution in [1.82, 2.24) is 9.21 Å². The SMILES string of the molecule is CN(C)S(=O)(=O)c1cccc(NC(=O)CN(Cc2ccc(C(F)(F)F)cc2)C2CC2)c1. The first kappa shape index (κ1) is 23.2.